The summed E-state index contributed by atoms with van der Waals surface area (Å²) in [5, 5.41) is 9.45. The zero-order valence-corrected chi connectivity index (χ0v) is 7.66. The second-order valence-electron chi connectivity index (χ2n) is 2.62. The molecule has 14 heavy (non-hydrogen) atoms. The smallest absolute Gasteiger partial charge is 0.238 e. The van der Waals surface area contributed by atoms with Gasteiger partial charge in [-0.3, -0.25) is 14.4 Å². The number of nitrogens with one attached hydrogen (secondary N) is 2. The molecule has 0 fully saturated rings. The zero-order valence-electron chi connectivity index (χ0n) is 7.66. The van der Waals surface area contributed by atoms with Gasteiger partial charge in [-0.1, -0.05) is 0 Å². The number of primary amides is 2. The minimum Gasteiger partial charge on any atom is -0.369 e. The van der Waals surface area contributed by atoms with Crippen LogP contribution < -0.4 is 16.8 Å². The van der Waals surface area contributed by atoms with E-state index < -0.39 is 35.8 Å². The van der Waals surface area contributed by atoms with E-state index in [9.17, 15) is 14.4 Å². The van der Waals surface area contributed by atoms with Crippen molar-refractivity contribution in [2.24, 2.45) is 17.4 Å². The summed E-state index contributed by atoms with van der Waals surface area (Å²) in [6.07, 6.45) is -0.457. The summed E-state index contributed by atoms with van der Waals surface area (Å²) in [6, 6.07) is 0. The van der Waals surface area contributed by atoms with Crippen molar-refractivity contribution in [1.82, 2.24) is 5.32 Å². The van der Waals surface area contributed by atoms with E-state index in [4.69, 9.17) is 16.9 Å². The molecule has 0 aliphatic rings. The van der Waals surface area contributed by atoms with Gasteiger partial charge < -0.3 is 22.2 Å². The fraction of sp³-hybridized carbons (Fsp3) is 0.429. The number of carbonyl (C=O) groups excluding carboxylic acids is 3. The Morgan fingerprint density at radius 2 is 1.86 bits per heavy atom. The van der Waals surface area contributed by atoms with E-state index in [1.807, 2.05) is 0 Å². The summed E-state index contributed by atoms with van der Waals surface area (Å²) < 4.78 is 0. The van der Waals surface area contributed by atoms with E-state index in [1.54, 1.807) is 0 Å². The van der Waals surface area contributed by atoms with Crippen LogP contribution in [0.15, 0.2) is 0 Å². The first-order valence-corrected chi connectivity index (χ1v) is 3.76. The molecule has 0 aromatic carbocycles. The maximum Gasteiger partial charge on any atom is 0.238 e. The highest BCUT2D eigenvalue weighted by Gasteiger charge is 2.28. The molecule has 0 bridgehead atoms. The predicted octanol–water partition coefficient (Wildman–Crippen LogP) is -2.27. The fourth-order valence-electron chi connectivity index (χ4n) is 0.893. The Labute approximate surface area is 80.3 Å². The van der Waals surface area contributed by atoms with Crippen LogP contribution in [0.25, 0.3) is 0 Å². The quantitative estimate of drug-likeness (QED) is 0.294. The second-order valence-corrected chi connectivity index (χ2v) is 2.62. The summed E-state index contributed by atoms with van der Waals surface area (Å²) in [5.41, 5.74) is 9.31. The van der Waals surface area contributed by atoms with E-state index in [0.29, 0.717) is 0 Å². The fourth-order valence-corrected chi connectivity index (χ4v) is 0.893. The largest absolute Gasteiger partial charge is 0.369 e. The lowest BCUT2D eigenvalue weighted by Gasteiger charge is -2.11. The van der Waals surface area contributed by atoms with Gasteiger partial charge in [0.15, 0.2) is 5.92 Å². The van der Waals surface area contributed by atoms with E-state index in [0.717, 1.165) is 0 Å². The second kappa shape index (κ2) is 4.95. The summed E-state index contributed by atoms with van der Waals surface area (Å²) in [4.78, 5) is 32.3. The third-order valence-electron chi connectivity index (χ3n) is 1.51. The minimum atomic E-state index is -1.42. The number of hydrogen-bond acceptors (Lipinski definition) is 4. The maximum absolute atomic E-state index is 11.1. The van der Waals surface area contributed by atoms with Crippen LogP contribution in [0.4, 0.5) is 0 Å². The molecule has 0 saturated heterocycles. The highest BCUT2D eigenvalue weighted by atomic mass is 16.2. The SMILES string of the molecule is CNC(=O)C(C(=N)CC(N)=O)C(N)=O. The van der Waals surface area contributed by atoms with Crippen LogP contribution in [-0.2, 0) is 14.4 Å². The Hall–Kier alpha value is -1.92. The molecule has 0 radical (unpaired) electrons. The molecule has 0 heterocycles. The van der Waals surface area contributed by atoms with Gasteiger partial charge in [-0.25, -0.2) is 0 Å². The topological polar surface area (TPSA) is 139 Å². The van der Waals surface area contributed by atoms with Crippen molar-refractivity contribution in [3.63, 3.8) is 0 Å². The molecule has 0 rings (SSSR count). The number of amides is 3. The van der Waals surface area contributed by atoms with Gasteiger partial charge in [0, 0.05) is 12.8 Å². The number of hydrogen-bond donors (Lipinski definition) is 4. The number of rotatable bonds is 5. The van der Waals surface area contributed by atoms with Crippen molar-refractivity contribution in [2.45, 2.75) is 6.42 Å². The minimum absolute atomic E-state index is 0.399. The van der Waals surface area contributed by atoms with Crippen molar-refractivity contribution >= 4 is 23.4 Å². The lowest BCUT2D eigenvalue weighted by molar-refractivity contribution is -0.130. The monoisotopic (exact) mass is 200 g/mol. The molecular weight excluding hydrogens is 188 g/mol. The van der Waals surface area contributed by atoms with Crippen molar-refractivity contribution in [1.29, 1.82) is 5.41 Å². The average Bonchev–Trinajstić information content (AvgIpc) is 2.01. The van der Waals surface area contributed by atoms with E-state index in [-0.39, 0.29) is 0 Å². The standard InChI is InChI=1S/C7H12N4O3/c1-11-7(14)5(6(10)13)3(8)2-4(9)12/h5,8H,2H2,1H3,(H2,9,12)(H2,10,13)(H,11,14). The number of carbonyl (C=O) groups is 3. The summed E-state index contributed by atoms with van der Waals surface area (Å²) in [7, 11) is 1.30. The van der Waals surface area contributed by atoms with Gasteiger partial charge in [-0.05, 0) is 0 Å². The van der Waals surface area contributed by atoms with Gasteiger partial charge in [0.25, 0.3) is 0 Å². The Balaban J connectivity index is 4.66. The Morgan fingerprint density at radius 3 is 2.14 bits per heavy atom. The lowest BCUT2D eigenvalue weighted by atomic mass is 9.99. The Kier molecular flexibility index (Phi) is 4.27. The molecule has 7 nitrogen and oxygen atoms in total. The van der Waals surface area contributed by atoms with Crippen molar-refractivity contribution in [3.05, 3.63) is 0 Å². The molecule has 1 unspecified atom stereocenters. The van der Waals surface area contributed by atoms with Crippen molar-refractivity contribution < 1.29 is 14.4 Å². The molecule has 7 heteroatoms. The zero-order chi connectivity index (χ0) is 11.3. The molecule has 3 amide bonds. The molecule has 1 atom stereocenters. The van der Waals surface area contributed by atoms with Gasteiger partial charge in [-0.15, -0.1) is 0 Å². The lowest BCUT2D eigenvalue weighted by Crippen LogP contribution is -2.42. The molecule has 0 aliphatic heterocycles. The van der Waals surface area contributed by atoms with Crippen LogP contribution in [-0.4, -0.2) is 30.5 Å². The van der Waals surface area contributed by atoms with Gasteiger partial charge in [0.2, 0.25) is 17.7 Å². The van der Waals surface area contributed by atoms with Crippen LogP contribution in [0.5, 0.6) is 0 Å². The van der Waals surface area contributed by atoms with Crippen molar-refractivity contribution in [2.75, 3.05) is 7.05 Å². The van der Waals surface area contributed by atoms with Crippen molar-refractivity contribution in [3.8, 4) is 0 Å². The predicted molar refractivity (Wildman–Crippen MR) is 48.3 cm³/mol. The highest BCUT2D eigenvalue weighted by Crippen LogP contribution is 2.01. The van der Waals surface area contributed by atoms with E-state index in [2.05, 4.69) is 5.32 Å². The van der Waals surface area contributed by atoms with Crippen LogP contribution in [0, 0.1) is 11.3 Å². The summed E-state index contributed by atoms with van der Waals surface area (Å²) in [5.74, 6) is -3.91. The molecule has 0 aromatic rings. The first kappa shape index (κ1) is 12.1. The maximum atomic E-state index is 11.1. The molecular formula is C7H12N4O3. The van der Waals surface area contributed by atoms with E-state index >= 15 is 0 Å². The molecule has 0 aliphatic carbocycles. The molecule has 0 aromatic heterocycles. The van der Waals surface area contributed by atoms with Gasteiger partial charge in [0.1, 0.15) is 0 Å². The molecule has 0 spiro atoms. The molecule has 6 N–H and O–H groups in total. The first-order chi connectivity index (χ1) is 6.40. The van der Waals surface area contributed by atoms with Gasteiger partial charge in [0.05, 0.1) is 6.42 Å². The first-order valence-electron chi connectivity index (χ1n) is 3.76. The van der Waals surface area contributed by atoms with E-state index in [1.165, 1.54) is 7.05 Å². The van der Waals surface area contributed by atoms with Gasteiger partial charge in [-0.2, -0.15) is 0 Å². The average molecular weight is 200 g/mol. The summed E-state index contributed by atoms with van der Waals surface area (Å²) in [6.45, 7) is 0. The van der Waals surface area contributed by atoms with Crippen LogP contribution in [0.1, 0.15) is 6.42 Å². The normalized spacial score (nSPS) is 11.5. The summed E-state index contributed by atoms with van der Waals surface area (Å²) >= 11 is 0. The van der Waals surface area contributed by atoms with Crippen LogP contribution in [0.2, 0.25) is 0 Å². The molecule has 0 saturated carbocycles. The third kappa shape index (κ3) is 3.21. The Morgan fingerprint density at radius 1 is 1.36 bits per heavy atom. The van der Waals surface area contributed by atoms with Crippen LogP contribution in [0.3, 0.4) is 0 Å². The highest BCUT2D eigenvalue weighted by molar-refractivity contribution is 6.21. The third-order valence-corrected chi connectivity index (χ3v) is 1.51. The van der Waals surface area contributed by atoms with Crippen LogP contribution >= 0.6 is 0 Å². The molecule has 78 valence electrons. The Bertz CT molecular complexity index is 287. The number of nitrogens with two attached hydrogens (primary N) is 2. The van der Waals surface area contributed by atoms with Gasteiger partial charge >= 0.3 is 0 Å².